The van der Waals surface area contributed by atoms with Crippen LogP contribution in [-0.2, 0) is 0 Å². The summed E-state index contributed by atoms with van der Waals surface area (Å²) in [6, 6.07) is 4.82. The lowest BCUT2D eigenvalue weighted by Gasteiger charge is -2.02. The molecule has 5 nitrogen and oxygen atoms in total. The standard InChI is InChI=1S/C10H9FN4O/c1-5-3-2-4-6(7(5)11)8-9(10(12)16)14-15-13-8/h2-4H,1H3,(H2,12,16)(H,13,14,15). The van der Waals surface area contributed by atoms with Crippen molar-refractivity contribution in [2.75, 3.05) is 0 Å². The Hall–Kier alpha value is -2.24. The molecule has 0 aliphatic rings. The van der Waals surface area contributed by atoms with Crippen LogP contribution in [0.25, 0.3) is 11.3 Å². The number of aromatic amines is 1. The Morgan fingerprint density at radius 1 is 1.44 bits per heavy atom. The van der Waals surface area contributed by atoms with Crippen LogP contribution in [0.2, 0.25) is 0 Å². The van der Waals surface area contributed by atoms with Crippen LogP contribution >= 0.6 is 0 Å². The summed E-state index contributed by atoms with van der Waals surface area (Å²) >= 11 is 0. The van der Waals surface area contributed by atoms with E-state index in [-0.39, 0.29) is 17.0 Å². The molecule has 0 fully saturated rings. The summed E-state index contributed by atoms with van der Waals surface area (Å²) in [7, 11) is 0. The van der Waals surface area contributed by atoms with Gasteiger partial charge in [-0.3, -0.25) is 4.79 Å². The van der Waals surface area contributed by atoms with Crippen LogP contribution < -0.4 is 5.73 Å². The van der Waals surface area contributed by atoms with Crippen molar-refractivity contribution in [3.63, 3.8) is 0 Å². The van der Waals surface area contributed by atoms with Crippen molar-refractivity contribution in [3.8, 4) is 11.3 Å². The van der Waals surface area contributed by atoms with E-state index in [9.17, 15) is 9.18 Å². The molecule has 0 saturated carbocycles. The number of aryl methyl sites for hydroxylation is 1. The molecule has 6 heteroatoms. The Labute approximate surface area is 90.5 Å². The first-order chi connectivity index (χ1) is 7.61. The number of benzene rings is 1. The lowest BCUT2D eigenvalue weighted by molar-refractivity contribution is 0.0996. The van der Waals surface area contributed by atoms with Gasteiger partial charge in [-0.25, -0.2) is 4.39 Å². The monoisotopic (exact) mass is 220 g/mol. The predicted octanol–water partition coefficient (Wildman–Crippen LogP) is 1.02. The molecule has 1 amide bonds. The molecule has 1 aromatic carbocycles. The van der Waals surface area contributed by atoms with E-state index >= 15 is 0 Å². The Morgan fingerprint density at radius 2 is 2.19 bits per heavy atom. The summed E-state index contributed by atoms with van der Waals surface area (Å²) < 4.78 is 13.8. The van der Waals surface area contributed by atoms with Crippen LogP contribution in [0.1, 0.15) is 16.1 Å². The van der Waals surface area contributed by atoms with Crippen LogP contribution in [0.3, 0.4) is 0 Å². The smallest absolute Gasteiger partial charge is 0.271 e. The Balaban J connectivity index is 2.63. The zero-order valence-corrected chi connectivity index (χ0v) is 8.49. The van der Waals surface area contributed by atoms with E-state index in [1.54, 1.807) is 19.1 Å². The number of H-pyrrole nitrogens is 1. The molecule has 0 spiro atoms. The highest BCUT2D eigenvalue weighted by molar-refractivity contribution is 5.96. The van der Waals surface area contributed by atoms with Gasteiger partial charge < -0.3 is 5.73 Å². The molecule has 2 rings (SSSR count). The van der Waals surface area contributed by atoms with Gasteiger partial charge in [-0.2, -0.15) is 15.4 Å². The first-order valence-corrected chi connectivity index (χ1v) is 4.57. The van der Waals surface area contributed by atoms with E-state index < -0.39 is 11.7 Å². The summed E-state index contributed by atoms with van der Waals surface area (Å²) in [5.74, 6) is -1.18. The maximum Gasteiger partial charge on any atom is 0.271 e. The predicted molar refractivity (Wildman–Crippen MR) is 55.0 cm³/mol. The van der Waals surface area contributed by atoms with Crippen molar-refractivity contribution in [2.45, 2.75) is 6.92 Å². The van der Waals surface area contributed by atoms with E-state index in [4.69, 9.17) is 5.73 Å². The van der Waals surface area contributed by atoms with Crippen LogP contribution in [0.4, 0.5) is 4.39 Å². The Kier molecular flexibility index (Phi) is 2.40. The van der Waals surface area contributed by atoms with E-state index in [2.05, 4.69) is 15.4 Å². The second-order valence-corrected chi connectivity index (χ2v) is 3.32. The molecular formula is C10H9FN4O. The highest BCUT2D eigenvalue weighted by atomic mass is 19.1. The van der Waals surface area contributed by atoms with Gasteiger partial charge in [0, 0.05) is 5.56 Å². The average molecular weight is 220 g/mol. The molecule has 16 heavy (non-hydrogen) atoms. The largest absolute Gasteiger partial charge is 0.364 e. The number of halogens is 1. The summed E-state index contributed by atoms with van der Waals surface area (Å²) in [4.78, 5) is 11.0. The fourth-order valence-corrected chi connectivity index (χ4v) is 1.42. The molecule has 2 aromatic rings. The van der Waals surface area contributed by atoms with Crippen molar-refractivity contribution in [3.05, 3.63) is 35.3 Å². The van der Waals surface area contributed by atoms with Gasteiger partial charge in [0.25, 0.3) is 5.91 Å². The zero-order chi connectivity index (χ0) is 11.7. The number of aromatic nitrogens is 3. The summed E-state index contributed by atoms with van der Waals surface area (Å²) in [6.07, 6.45) is 0. The van der Waals surface area contributed by atoms with Crippen LogP contribution in [0.15, 0.2) is 18.2 Å². The van der Waals surface area contributed by atoms with Gasteiger partial charge >= 0.3 is 0 Å². The molecule has 0 aliphatic carbocycles. The van der Waals surface area contributed by atoms with Gasteiger partial charge in [0.1, 0.15) is 11.5 Å². The number of nitrogens with zero attached hydrogens (tertiary/aromatic N) is 2. The third kappa shape index (κ3) is 1.54. The van der Waals surface area contributed by atoms with E-state index in [1.807, 2.05) is 0 Å². The van der Waals surface area contributed by atoms with E-state index in [0.717, 1.165) is 0 Å². The molecule has 0 saturated heterocycles. The molecule has 0 unspecified atom stereocenters. The maximum absolute atomic E-state index is 13.8. The van der Waals surface area contributed by atoms with Crippen LogP contribution in [0.5, 0.6) is 0 Å². The third-order valence-corrected chi connectivity index (χ3v) is 2.23. The van der Waals surface area contributed by atoms with Crippen molar-refractivity contribution in [1.82, 2.24) is 15.4 Å². The van der Waals surface area contributed by atoms with Gasteiger partial charge in [-0.1, -0.05) is 12.1 Å². The number of primary amides is 1. The van der Waals surface area contributed by atoms with E-state index in [0.29, 0.717) is 5.56 Å². The molecular weight excluding hydrogens is 211 g/mol. The number of hydrogen-bond acceptors (Lipinski definition) is 3. The second kappa shape index (κ2) is 3.73. The second-order valence-electron chi connectivity index (χ2n) is 3.32. The summed E-state index contributed by atoms with van der Waals surface area (Å²) in [5, 5.41) is 9.58. The van der Waals surface area contributed by atoms with Crippen LogP contribution in [0, 0.1) is 12.7 Å². The Morgan fingerprint density at radius 3 is 2.88 bits per heavy atom. The molecule has 1 aromatic heterocycles. The first-order valence-electron chi connectivity index (χ1n) is 4.57. The highest BCUT2D eigenvalue weighted by Crippen LogP contribution is 2.24. The Bertz CT molecular complexity index is 550. The van der Waals surface area contributed by atoms with Gasteiger partial charge in [-0.15, -0.1) is 0 Å². The zero-order valence-electron chi connectivity index (χ0n) is 8.49. The number of rotatable bonds is 2. The minimum Gasteiger partial charge on any atom is -0.364 e. The number of carbonyl (C=O) groups is 1. The lowest BCUT2D eigenvalue weighted by Crippen LogP contribution is -2.13. The number of nitrogens with one attached hydrogen (secondary N) is 1. The topological polar surface area (TPSA) is 84.7 Å². The SMILES string of the molecule is Cc1cccc(-c2n[nH]nc2C(N)=O)c1F. The molecule has 0 aliphatic heterocycles. The molecule has 0 bridgehead atoms. The number of amides is 1. The first kappa shape index (κ1) is 10.3. The average Bonchev–Trinajstić information content (AvgIpc) is 2.70. The summed E-state index contributed by atoms with van der Waals surface area (Å²) in [5.41, 5.74) is 5.85. The summed E-state index contributed by atoms with van der Waals surface area (Å²) in [6.45, 7) is 1.63. The third-order valence-electron chi connectivity index (χ3n) is 2.23. The van der Waals surface area contributed by atoms with Crippen molar-refractivity contribution in [2.24, 2.45) is 5.73 Å². The number of carbonyl (C=O) groups excluding carboxylic acids is 1. The normalized spacial score (nSPS) is 10.4. The van der Waals surface area contributed by atoms with Crippen LogP contribution in [-0.4, -0.2) is 21.3 Å². The van der Waals surface area contributed by atoms with E-state index in [1.165, 1.54) is 6.07 Å². The van der Waals surface area contributed by atoms with Gasteiger partial charge in [0.05, 0.1) is 0 Å². The molecule has 3 N–H and O–H groups in total. The van der Waals surface area contributed by atoms with Crippen molar-refractivity contribution < 1.29 is 9.18 Å². The van der Waals surface area contributed by atoms with Crippen molar-refractivity contribution in [1.29, 1.82) is 0 Å². The van der Waals surface area contributed by atoms with Gasteiger partial charge in [-0.05, 0) is 18.6 Å². The molecule has 0 radical (unpaired) electrons. The fraction of sp³-hybridized carbons (Fsp3) is 0.100. The lowest BCUT2D eigenvalue weighted by atomic mass is 10.1. The van der Waals surface area contributed by atoms with Gasteiger partial charge in [0.2, 0.25) is 0 Å². The highest BCUT2D eigenvalue weighted by Gasteiger charge is 2.18. The maximum atomic E-state index is 13.8. The minimum absolute atomic E-state index is 0.0653. The van der Waals surface area contributed by atoms with Gasteiger partial charge in [0.15, 0.2) is 5.69 Å². The molecule has 1 heterocycles. The molecule has 82 valence electrons. The number of nitrogens with two attached hydrogens (primary N) is 1. The minimum atomic E-state index is -0.746. The molecule has 0 atom stereocenters. The fourth-order valence-electron chi connectivity index (χ4n) is 1.42. The quantitative estimate of drug-likeness (QED) is 0.792. The van der Waals surface area contributed by atoms with Crippen molar-refractivity contribution >= 4 is 5.91 Å². The number of hydrogen-bond donors (Lipinski definition) is 2.